The Balaban J connectivity index is 1.59. The van der Waals surface area contributed by atoms with E-state index in [9.17, 15) is 9.90 Å². The number of piperidine rings is 2. The summed E-state index contributed by atoms with van der Waals surface area (Å²) in [5.41, 5.74) is 1.33. The molecule has 0 aromatic carbocycles. The van der Waals surface area contributed by atoms with Gasteiger partial charge >= 0.3 is 6.09 Å². The van der Waals surface area contributed by atoms with Crippen molar-refractivity contribution in [3.8, 4) is 0 Å². The quantitative estimate of drug-likeness (QED) is 0.783. The Morgan fingerprint density at radius 2 is 2.25 bits per heavy atom. The minimum Gasteiger partial charge on any atom is -0.450 e. The number of nitrogens with zero attached hydrogens (tertiary/aromatic N) is 1. The number of carbonyl (C=O) groups excluding carboxylic acids is 1. The van der Waals surface area contributed by atoms with Gasteiger partial charge in [-0.3, -0.25) is 4.90 Å². The molecule has 1 aliphatic carbocycles. The standard InChI is InChI=1S/C15H20N2O3/c1-2-20-15(19)17-10-6-9-7-11(17)14(18)13(10)16-12(9)8-4-3-5-8/h3-5,9-14,16,18H,2,6-7H2,1H3/t9?,10?,11?,12?,13?,14-/m0/s1. The summed E-state index contributed by atoms with van der Waals surface area (Å²) in [4.78, 5) is 13.9. The molecular formula is C15H20N2O3. The van der Waals surface area contributed by atoms with Gasteiger partial charge in [-0.2, -0.15) is 0 Å². The maximum absolute atomic E-state index is 12.1. The van der Waals surface area contributed by atoms with Crippen LogP contribution in [-0.2, 0) is 4.74 Å². The van der Waals surface area contributed by atoms with Crippen molar-refractivity contribution in [1.82, 2.24) is 10.2 Å². The van der Waals surface area contributed by atoms with Crippen LogP contribution in [0.1, 0.15) is 19.8 Å². The van der Waals surface area contributed by atoms with Crippen molar-refractivity contribution >= 4 is 6.09 Å². The molecule has 3 aliphatic heterocycles. The first-order valence-electron chi connectivity index (χ1n) is 7.48. The summed E-state index contributed by atoms with van der Waals surface area (Å²) in [7, 11) is 0. The molecule has 0 aromatic heterocycles. The zero-order valence-corrected chi connectivity index (χ0v) is 11.5. The Kier molecular flexibility index (Phi) is 2.69. The molecule has 3 bridgehead atoms. The van der Waals surface area contributed by atoms with Crippen LogP contribution in [0.3, 0.4) is 0 Å². The molecule has 5 heteroatoms. The van der Waals surface area contributed by atoms with Gasteiger partial charge in [0.2, 0.25) is 0 Å². The molecule has 0 radical (unpaired) electrons. The SMILES string of the molecule is CCOC(=O)N1C2CC3CC1[C@H](O)C2NC3C1=CC=C1. The average molecular weight is 276 g/mol. The predicted octanol–water partition coefficient (Wildman–Crippen LogP) is 0.803. The number of ether oxygens (including phenoxy) is 1. The monoisotopic (exact) mass is 276 g/mol. The van der Waals surface area contributed by atoms with E-state index < -0.39 is 6.10 Å². The molecule has 0 saturated carbocycles. The van der Waals surface area contributed by atoms with Gasteiger partial charge in [0.05, 0.1) is 30.8 Å². The van der Waals surface area contributed by atoms with Crippen LogP contribution in [0.4, 0.5) is 4.79 Å². The van der Waals surface area contributed by atoms with E-state index in [2.05, 4.69) is 23.5 Å². The Morgan fingerprint density at radius 1 is 1.50 bits per heavy atom. The molecule has 5 nitrogen and oxygen atoms in total. The number of rotatable bonds is 2. The van der Waals surface area contributed by atoms with E-state index in [-0.39, 0.29) is 24.2 Å². The molecule has 4 aliphatic rings. The van der Waals surface area contributed by atoms with E-state index in [1.165, 1.54) is 5.57 Å². The van der Waals surface area contributed by atoms with Crippen LogP contribution in [0.25, 0.3) is 0 Å². The fraction of sp³-hybridized carbons (Fsp3) is 0.667. The summed E-state index contributed by atoms with van der Waals surface area (Å²) in [6.07, 6.45) is 7.39. The highest BCUT2D eigenvalue weighted by atomic mass is 16.6. The number of hydrogen-bond acceptors (Lipinski definition) is 4. The Bertz CT molecular complexity index is 499. The van der Waals surface area contributed by atoms with Crippen molar-refractivity contribution in [3.05, 3.63) is 23.8 Å². The number of nitrogens with one attached hydrogen (secondary N) is 1. The summed E-state index contributed by atoms with van der Waals surface area (Å²) in [6, 6.07) is 0.298. The summed E-state index contributed by atoms with van der Waals surface area (Å²) in [5.74, 6) is 0.500. The van der Waals surface area contributed by atoms with Crippen LogP contribution in [0.15, 0.2) is 23.8 Å². The molecule has 0 spiro atoms. The highest BCUT2D eigenvalue weighted by Crippen LogP contribution is 2.46. The van der Waals surface area contributed by atoms with E-state index >= 15 is 0 Å². The average Bonchev–Trinajstić information content (AvgIpc) is 2.48. The number of allylic oxidation sites excluding steroid dienone is 2. The third kappa shape index (κ3) is 1.53. The van der Waals surface area contributed by atoms with Gasteiger partial charge in [0.1, 0.15) is 0 Å². The van der Waals surface area contributed by atoms with Crippen LogP contribution in [0, 0.1) is 5.92 Å². The summed E-state index contributed by atoms with van der Waals surface area (Å²) in [6.45, 7) is 2.20. The first-order valence-corrected chi connectivity index (χ1v) is 7.48. The molecule has 3 saturated heterocycles. The molecule has 3 heterocycles. The van der Waals surface area contributed by atoms with Crippen molar-refractivity contribution < 1.29 is 14.6 Å². The second-order valence-electron chi connectivity index (χ2n) is 6.16. The van der Waals surface area contributed by atoms with Gasteiger partial charge in [-0.1, -0.05) is 18.2 Å². The summed E-state index contributed by atoms with van der Waals surface area (Å²) in [5, 5.41) is 14.1. The van der Waals surface area contributed by atoms with Gasteiger partial charge in [0.15, 0.2) is 0 Å². The van der Waals surface area contributed by atoms with Gasteiger partial charge in [-0.05, 0) is 31.3 Å². The van der Waals surface area contributed by atoms with Crippen molar-refractivity contribution in [3.63, 3.8) is 0 Å². The minimum absolute atomic E-state index is 0.0249. The molecule has 5 unspecified atom stereocenters. The van der Waals surface area contributed by atoms with E-state index in [0.717, 1.165) is 12.8 Å². The molecule has 108 valence electrons. The molecule has 1 amide bonds. The second-order valence-corrected chi connectivity index (χ2v) is 6.16. The number of hydrogen-bond donors (Lipinski definition) is 2. The van der Waals surface area contributed by atoms with Crippen LogP contribution < -0.4 is 5.32 Å². The first-order chi connectivity index (χ1) is 9.70. The number of amides is 1. The second kappa shape index (κ2) is 4.33. The fourth-order valence-electron chi connectivity index (χ4n) is 4.36. The zero-order valence-electron chi connectivity index (χ0n) is 11.5. The lowest BCUT2D eigenvalue weighted by Crippen LogP contribution is -2.60. The third-order valence-electron chi connectivity index (χ3n) is 5.24. The maximum atomic E-state index is 12.1. The maximum Gasteiger partial charge on any atom is 0.410 e. The molecule has 20 heavy (non-hydrogen) atoms. The van der Waals surface area contributed by atoms with Crippen LogP contribution in [-0.4, -0.2) is 53.0 Å². The van der Waals surface area contributed by atoms with Crippen LogP contribution in [0.5, 0.6) is 0 Å². The van der Waals surface area contributed by atoms with Gasteiger partial charge in [0.25, 0.3) is 0 Å². The van der Waals surface area contributed by atoms with Crippen LogP contribution in [0.2, 0.25) is 0 Å². The summed E-state index contributed by atoms with van der Waals surface area (Å²) < 4.78 is 5.15. The van der Waals surface area contributed by atoms with Crippen molar-refractivity contribution in [1.29, 1.82) is 0 Å². The molecule has 0 aromatic rings. The number of fused-ring (bicyclic) bond motifs is 2. The highest BCUT2D eigenvalue weighted by Gasteiger charge is 2.59. The fourth-order valence-corrected chi connectivity index (χ4v) is 4.36. The Morgan fingerprint density at radius 3 is 2.90 bits per heavy atom. The van der Waals surface area contributed by atoms with Crippen molar-refractivity contribution in [2.75, 3.05) is 6.61 Å². The molecular weight excluding hydrogens is 256 g/mol. The largest absolute Gasteiger partial charge is 0.450 e. The highest BCUT2D eigenvalue weighted by molar-refractivity contribution is 5.70. The number of carbonyl (C=O) groups is 1. The summed E-state index contributed by atoms with van der Waals surface area (Å²) >= 11 is 0. The molecule has 6 atom stereocenters. The topological polar surface area (TPSA) is 61.8 Å². The van der Waals surface area contributed by atoms with E-state index in [1.807, 2.05) is 6.92 Å². The van der Waals surface area contributed by atoms with E-state index in [0.29, 0.717) is 18.6 Å². The Labute approximate surface area is 118 Å². The normalized spacial score (nSPS) is 44.3. The smallest absolute Gasteiger partial charge is 0.410 e. The van der Waals surface area contributed by atoms with Gasteiger partial charge in [-0.15, -0.1) is 0 Å². The lowest BCUT2D eigenvalue weighted by molar-refractivity contribution is 0.0345. The first kappa shape index (κ1) is 12.4. The van der Waals surface area contributed by atoms with Crippen LogP contribution >= 0.6 is 0 Å². The van der Waals surface area contributed by atoms with E-state index in [4.69, 9.17) is 4.74 Å². The third-order valence-corrected chi connectivity index (χ3v) is 5.24. The lowest BCUT2D eigenvalue weighted by atomic mass is 9.77. The lowest BCUT2D eigenvalue weighted by Gasteiger charge is -2.46. The molecule has 2 N–H and O–H groups in total. The minimum atomic E-state index is -0.482. The van der Waals surface area contributed by atoms with E-state index in [1.54, 1.807) is 4.90 Å². The zero-order chi connectivity index (χ0) is 13.9. The van der Waals surface area contributed by atoms with Crippen molar-refractivity contribution in [2.45, 2.75) is 50.0 Å². The number of aliphatic hydroxyl groups excluding tert-OH is 1. The molecule has 4 rings (SSSR count). The predicted molar refractivity (Wildman–Crippen MR) is 73.1 cm³/mol. The number of aliphatic hydroxyl groups is 1. The molecule has 3 fully saturated rings. The van der Waals surface area contributed by atoms with Crippen molar-refractivity contribution in [2.24, 2.45) is 5.92 Å². The van der Waals surface area contributed by atoms with Gasteiger partial charge in [0, 0.05) is 6.04 Å². The van der Waals surface area contributed by atoms with Gasteiger partial charge < -0.3 is 15.2 Å². The van der Waals surface area contributed by atoms with Gasteiger partial charge in [-0.25, -0.2) is 4.79 Å². The Hall–Kier alpha value is -1.33.